The summed E-state index contributed by atoms with van der Waals surface area (Å²) >= 11 is 0. The summed E-state index contributed by atoms with van der Waals surface area (Å²) in [6, 6.07) is 7.37. The molecule has 1 aromatic carbocycles. The number of aromatic hydroxyl groups is 1. The van der Waals surface area contributed by atoms with Gasteiger partial charge < -0.3 is 25.1 Å². The zero-order chi connectivity index (χ0) is 17.0. The van der Waals surface area contributed by atoms with Crippen molar-refractivity contribution in [2.45, 2.75) is 12.5 Å². The first-order chi connectivity index (χ1) is 10.9. The number of carboxylic acid groups (broad SMARTS) is 2. The second kappa shape index (κ2) is 6.65. The molecule has 0 aliphatic heterocycles. The fourth-order valence-electron chi connectivity index (χ4n) is 1.84. The first-order valence-corrected chi connectivity index (χ1v) is 6.51. The number of phenols is 1. The van der Waals surface area contributed by atoms with Crippen molar-refractivity contribution in [1.82, 2.24) is 5.32 Å². The zero-order valence-corrected chi connectivity index (χ0v) is 11.7. The Morgan fingerprint density at radius 2 is 1.70 bits per heavy atom. The SMILES string of the molecule is O=C(O)C[C@H](NC(=O)c1ccc(-c2ccc(O)cc2)o1)C(=O)O. The zero-order valence-electron chi connectivity index (χ0n) is 11.7. The highest BCUT2D eigenvalue weighted by molar-refractivity contribution is 5.95. The number of nitrogens with one attached hydrogen (secondary N) is 1. The number of carbonyl (C=O) groups is 3. The molecule has 1 atom stereocenters. The number of carboxylic acids is 2. The maximum atomic E-state index is 11.9. The number of carbonyl (C=O) groups excluding carboxylic acids is 1. The molecule has 0 saturated heterocycles. The number of aliphatic carboxylic acids is 2. The summed E-state index contributed by atoms with van der Waals surface area (Å²) < 4.78 is 5.32. The molecule has 8 nitrogen and oxygen atoms in total. The van der Waals surface area contributed by atoms with E-state index in [1.54, 1.807) is 12.1 Å². The summed E-state index contributed by atoms with van der Waals surface area (Å²) in [7, 11) is 0. The van der Waals surface area contributed by atoms with Crippen LogP contribution in [0.2, 0.25) is 0 Å². The molecule has 2 rings (SSSR count). The van der Waals surface area contributed by atoms with Gasteiger partial charge in [0.2, 0.25) is 0 Å². The van der Waals surface area contributed by atoms with Crippen LogP contribution in [0.1, 0.15) is 17.0 Å². The molecular weight excluding hydrogens is 306 g/mol. The van der Waals surface area contributed by atoms with E-state index in [1.807, 2.05) is 0 Å². The van der Waals surface area contributed by atoms with Crippen molar-refractivity contribution in [3.8, 4) is 17.1 Å². The Morgan fingerprint density at radius 3 is 2.26 bits per heavy atom. The molecule has 0 radical (unpaired) electrons. The summed E-state index contributed by atoms with van der Waals surface area (Å²) in [5.74, 6) is -3.35. The molecule has 0 saturated carbocycles. The number of rotatable bonds is 6. The maximum Gasteiger partial charge on any atom is 0.326 e. The standard InChI is InChI=1S/C15H13NO7/c17-9-3-1-8(2-4-9)11-5-6-12(23-11)14(20)16-10(15(21)22)7-13(18)19/h1-6,10,17H,7H2,(H,16,20)(H,18,19)(H,21,22)/t10-/m0/s1. The van der Waals surface area contributed by atoms with E-state index < -0.39 is 30.3 Å². The van der Waals surface area contributed by atoms with E-state index in [0.717, 1.165) is 0 Å². The van der Waals surface area contributed by atoms with Crippen molar-refractivity contribution in [2.75, 3.05) is 0 Å². The average Bonchev–Trinajstić information content (AvgIpc) is 2.96. The summed E-state index contributed by atoms with van der Waals surface area (Å²) in [6.45, 7) is 0. The van der Waals surface area contributed by atoms with Crippen LogP contribution in [0.25, 0.3) is 11.3 Å². The molecule has 2 aromatic rings. The van der Waals surface area contributed by atoms with E-state index in [1.165, 1.54) is 24.3 Å². The minimum absolute atomic E-state index is 0.0799. The highest BCUT2D eigenvalue weighted by atomic mass is 16.4. The Labute approximate surface area is 130 Å². The van der Waals surface area contributed by atoms with Crippen molar-refractivity contribution in [3.63, 3.8) is 0 Å². The monoisotopic (exact) mass is 319 g/mol. The molecule has 0 unspecified atom stereocenters. The summed E-state index contributed by atoms with van der Waals surface area (Å²) in [4.78, 5) is 33.5. The van der Waals surface area contributed by atoms with Gasteiger partial charge in [-0.3, -0.25) is 9.59 Å². The van der Waals surface area contributed by atoms with Gasteiger partial charge in [-0.15, -0.1) is 0 Å². The van der Waals surface area contributed by atoms with Crippen LogP contribution < -0.4 is 5.32 Å². The molecule has 0 fully saturated rings. The quantitative estimate of drug-likeness (QED) is 0.630. The van der Waals surface area contributed by atoms with E-state index >= 15 is 0 Å². The molecule has 8 heteroatoms. The fraction of sp³-hybridized carbons (Fsp3) is 0.133. The Morgan fingerprint density at radius 1 is 1.04 bits per heavy atom. The molecule has 0 aliphatic rings. The van der Waals surface area contributed by atoms with Crippen LogP contribution in [0, 0.1) is 0 Å². The first kappa shape index (κ1) is 16.1. The fourth-order valence-corrected chi connectivity index (χ4v) is 1.84. The van der Waals surface area contributed by atoms with Gasteiger partial charge in [-0.05, 0) is 36.4 Å². The molecule has 0 bridgehead atoms. The summed E-state index contributed by atoms with van der Waals surface area (Å²) in [5.41, 5.74) is 0.613. The third kappa shape index (κ3) is 4.10. The smallest absolute Gasteiger partial charge is 0.326 e. The number of hydrogen-bond donors (Lipinski definition) is 4. The Hall–Kier alpha value is -3.29. The molecule has 0 aliphatic carbocycles. The van der Waals surface area contributed by atoms with Gasteiger partial charge in [-0.1, -0.05) is 0 Å². The first-order valence-electron chi connectivity index (χ1n) is 6.51. The molecule has 23 heavy (non-hydrogen) atoms. The second-order valence-electron chi connectivity index (χ2n) is 4.67. The molecular formula is C15H13NO7. The van der Waals surface area contributed by atoms with Crippen molar-refractivity contribution in [1.29, 1.82) is 0 Å². The highest BCUT2D eigenvalue weighted by Crippen LogP contribution is 2.24. The van der Waals surface area contributed by atoms with E-state index in [0.29, 0.717) is 11.3 Å². The van der Waals surface area contributed by atoms with Crippen LogP contribution in [0.3, 0.4) is 0 Å². The number of hydrogen-bond acceptors (Lipinski definition) is 5. The normalized spacial score (nSPS) is 11.7. The number of benzene rings is 1. The van der Waals surface area contributed by atoms with Gasteiger partial charge in [-0.25, -0.2) is 4.79 Å². The minimum atomic E-state index is -1.55. The maximum absolute atomic E-state index is 11.9. The van der Waals surface area contributed by atoms with E-state index in [2.05, 4.69) is 5.32 Å². The minimum Gasteiger partial charge on any atom is -0.508 e. The number of amides is 1. The predicted molar refractivity (Wildman–Crippen MR) is 77.0 cm³/mol. The topological polar surface area (TPSA) is 137 Å². The lowest BCUT2D eigenvalue weighted by Crippen LogP contribution is -2.42. The van der Waals surface area contributed by atoms with Crippen LogP contribution >= 0.6 is 0 Å². The van der Waals surface area contributed by atoms with Gasteiger partial charge in [0.25, 0.3) is 5.91 Å². The summed E-state index contributed by atoms with van der Waals surface area (Å²) in [5, 5.41) is 28.8. The average molecular weight is 319 g/mol. The Kier molecular flexibility index (Phi) is 4.65. The van der Waals surface area contributed by atoms with Gasteiger partial charge in [0.1, 0.15) is 17.6 Å². The molecule has 1 heterocycles. The van der Waals surface area contributed by atoms with Gasteiger partial charge >= 0.3 is 11.9 Å². The van der Waals surface area contributed by atoms with Gasteiger partial charge in [0.05, 0.1) is 6.42 Å². The van der Waals surface area contributed by atoms with Crippen LogP contribution in [-0.2, 0) is 9.59 Å². The lowest BCUT2D eigenvalue weighted by Gasteiger charge is -2.10. The third-order valence-electron chi connectivity index (χ3n) is 2.96. The van der Waals surface area contributed by atoms with Crippen LogP contribution in [0.5, 0.6) is 5.75 Å². The van der Waals surface area contributed by atoms with E-state index in [9.17, 15) is 19.5 Å². The number of furan rings is 1. The van der Waals surface area contributed by atoms with E-state index in [-0.39, 0.29) is 11.5 Å². The highest BCUT2D eigenvalue weighted by Gasteiger charge is 2.25. The van der Waals surface area contributed by atoms with Crippen LogP contribution in [0.4, 0.5) is 0 Å². The second-order valence-corrected chi connectivity index (χ2v) is 4.67. The predicted octanol–water partition coefficient (Wildman–Crippen LogP) is 1.31. The molecule has 4 N–H and O–H groups in total. The number of phenolic OH excluding ortho intramolecular Hbond substituents is 1. The molecule has 120 valence electrons. The Bertz CT molecular complexity index is 733. The van der Waals surface area contributed by atoms with Gasteiger partial charge in [0, 0.05) is 5.56 Å². The third-order valence-corrected chi connectivity index (χ3v) is 2.96. The van der Waals surface area contributed by atoms with Gasteiger partial charge in [-0.2, -0.15) is 0 Å². The van der Waals surface area contributed by atoms with Gasteiger partial charge in [0.15, 0.2) is 5.76 Å². The molecule has 0 spiro atoms. The van der Waals surface area contributed by atoms with Crippen LogP contribution in [0.15, 0.2) is 40.8 Å². The van der Waals surface area contributed by atoms with E-state index in [4.69, 9.17) is 14.6 Å². The molecule has 1 amide bonds. The van der Waals surface area contributed by atoms with Crippen molar-refractivity contribution in [2.24, 2.45) is 0 Å². The lowest BCUT2D eigenvalue weighted by molar-refractivity contribution is -0.145. The largest absolute Gasteiger partial charge is 0.508 e. The molecule has 1 aromatic heterocycles. The summed E-state index contributed by atoms with van der Waals surface area (Å²) in [6.07, 6.45) is -0.743. The van der Waals surface area contributed by atoms with Crippen molar-refractivity contribution in [3.05, 3.63) is 42.2 Å². The lowest BCUT2D eigenvalue weighted by atomic mass is 10.2. The Balaban J connectivity index is 2.12. The van der Waals surface area contributed by atoms with Crippen LogP contribution in [-0.4, -0.2) is 39.2 Å². The van der Waals surface area contributed by atoms with Crippen molar-refractivity contribution < 1.29 is 34.1 Å². The van der Waals surface area contributed by atoms with Crippen molar-refractivity contribution >= 4 is 17.8 Å².